The topological polar surface area (TPSA) is 47.7 Å². The van der Waals surface area contributed by atoms with Crippen molar-refractivity contribution in [3.05, 3.63) is 30.2 Å². The summed E-state index contributed by atoms with van der Waals surface area (Å²) in [6.07, 6.45) is 4.22. The van der Waals surface area contributed by atoms with Crippen LogP contribution in [0.4, 0.5) is 14.6 Å². The predicted molar refractivity (Wildman–Crippen MR) is 68.0 cm³/mol. The van der Waals surface area contributed by atoms with Crippen molar-refractivity contribution in [2.45, 2.75) is 39.4 Å². The van der Waals surface area contributed by atoms with Gasteiger partial charge in [0.25, 0.3) is 0 Å². The third-order valence-corrected chi connectivity index (χ3v) is 3.04. The molecule has 2 aromatic heterocycles. The summed E-state index contributed by atoms with van der Waals surface area (Å²) in [5.74, 6) is 0.669. The molecule has 7 heteroatoms. The number of alkyl halides is 2. The fourth-order valence-electron chi connectivity index (χ4n) is 1.70. The van der Waals surface area contributed by atoms with Gasteiger partial charge >= 0.3 is 6.55 Å². The van der Waals surface area contributed by atoms with Gasteiger partial charge in [0, 0.05) is 24.5 Å². The number of hydrogen-bond acceptors (Lipinski definition) is 3. The molecule has 0 fully saturated rings. The van der Waals surface area contributed by atoms with Crippen LogP contribution in [0.1, 0.15) is 38.6 Å². The Morgan fingerprint density at radius 2 is 2.16 bits per heavy atom. The minimum absolute atomic E-state index is 0.266. The smallest absolute Gasteiger partial charge is 0.333 e. The molecule has 0 bridgehead atoms. The van der Waals surface area contributed by atoms with E-state index in [0.29, 0.717) is 22.2 Å². The van der Waals surface area contributed by atoms with E-state index in [-0.39, 0.29) is 6.54 Å². The summed E-state index contributed by atoms with van der Waals surface area (Å²) in [6, 6.07) is 3.71. The van der Waals surface area contributed by atoms with Crippen LogP contribution in [0, 0.1) is 0 Å². The second-order valence-electron chi connectivity index (χ2n) is 4.34. The Bertz CT molecular complexity index is 520. The summed E-state index contributed by atoms with van der Waals surface area (Å²) < 4.78 is 27.7. The highest BCUT2D eigenvalue weighted by molar-refractivity contribution is 5.33. The maximum atomic E-state index is 12.6. The van der Waals surface area contributed by atoms with Crippen molar-refractivity contribution in [1.29, 1.82) is 0 Å². The van der Waals surface area contributed by atoms with E-state index in [4.69, 9.17) is 0 Å². The lowest BCUT2D eigenvalue weighted by molar-refractivity contribution is 0.0537. The van der Waals surface area contributed by atoms with Gasteiger partial charge in [-0.1, -0.05) is 6.92 Å². The molecule has 2 rings (SSSR count). The van der Waals surface area contributed by atoms with E-state index >= 15 is 0 Å². The first-order valence-electron chi connectivity index (χ1n) is 6.21. The fourth-order valence-corrected chi connectivity index (χ4v) is 1.70. The number of anilines is 1. The molecule has 0 aromatic carbocycles. The minimum Gasteiger partial charge on any atom is -0.363 e. The van der Waals surface area contributed by atoms with E-state index in [0.717, 1.165) is 6.42 Å². The number of hydrogen-bond donors (Lipinski definition) is 1. The summed E-state index contributed by atoms with van der Waals surface area (Å²) in [7, 11) is 0. The van der Waals surface area contributed by atoms with Gasteiger partial charge < -0.3 is 5.32 Å². The highest BCUT2D eigenvalue weighted by Gasteiger charge is 2.11. The van der Waals surface area contributed by atoms with E-state index < -0.39 is 6.55 Å². The Balaban J connectivity index is 1.98. The molecule has 104 valence electrons. The summed E-state index contributed by atoms with van der Waals surface area (Å²) in [5.41, 5.74) is 0.424. The summed E-state index contributed by atoms with van der Waals surface area (Å²) in [5, 5.41) is 10.9. The van der Waals surface area contributed by atoms with Crippen LogP contribution in [0.3, 0.4) is 0 Å². The number of rotatable bonds is 6. The third kappa shape index (κ3) is 3.10. The molecule has 0 saturated heterocycles. The van der Waals surface area contributed by atoms with Gasteiger partial charge in [-0.25, -0.2) is 4.68 Å². The van der Waals surface area contributed by atoms with E-state index in [1.165, 1.54) is 6.20 Å². The Labute approximate surface area is 110 Å². The van der Waals surface area contributed by atoms with Crippen molar-refractivity contribution < 1.29 is 8.78 Å². The van der Waals surface area contributed by atoms with Crippen LogP contribution in [-0.2, 0) is 6.54 Å². The average molecular weight is 269 g/mol. The molecule has 19 heavy (non-hydrogen) atoms. The Hall–Kier alpha value is -1.92. The highest BCUT2D eigenvalue weighted by atomic mass is 19.3. The predicted octanol–water partition coefficient (Wildman–Crippen LogP) is 3.06. The van der Waals surface area contributed by atoms with Gasteiger partial charge in [-0.05, 0) is 19.4 Å². The molecule has 0 radical (unpaired) electrons. The highest BCUT2D eigenvalue weighted by Crippen LogP contribution is 2.15. The zero-order chi connectivity index (χ0) is 13.8. The molecule has 0 amide bonds. The molecule has 0 spiro atoms. The Morgan fingerprint density at radius 3 is 2.84 bits per heavy atom. The normalized spacial score (nSPS) is 12.9. The standard InChI is InChI=1S/C12H17F2N5/c1-3-9(2)18-7-5-11(17-18)15-8-10-4-6-16-19(10)12(13)14/h4-7,9,12H,3,8H2,1-2H3,(H,15,17)/t9-/m0/s1. The van der Waals surface area contributed by atoms with Gasteiger partial charge in [-0.2, -0.15) is 19.0 Å². The van der Waals surface area contributed by atoms with Crippen molar-refractivity contribution in [3.63, 3.8) is 0 Å². The summed E-state index contributed by atoms with van der Waals surface area (Å²) in [4.78, 5) is 0. The lowest BCUT2D eigenvalue weighted by Crippen LogP contribution is -2.10. The molecule has 1 N–H and O–H groups in total. The van der Waals surface area contributed by atoms with Crippen LogP contribution in [0.5, 0.6) is 0 Å². The molecule has 0 saturated carbocycles. The van der Waals surface area contributed by atoms with Gasteiger partial charge in [0.05, 0.1) is 12.2 Å². The first-order valence-corrected chi connectivity index (χ1v) is 6.21. The third-order valence-electron chi connectivity index (χ3n) is 3.04. The zero-order valence-corrected chi connectivity index (χ0v) is 10.9. The van der Waals surface area contributed by atoms with Crippen LogP contribution in [-0.4, -0.2) is 19.6 Å². The first-order chi connectivity index (χ1) is 9.11. The molecule has 2 aromatic rings. The lowest BCUT2D eigenvalue weighted by atomic mass is 10.3. The van der Waals surface area contributed by atoms with Gasteiger partial charge in [0.15, 0.2) is 0 Å². The molecule has 0 aliphatic heterocycles. The van der Waals surface area contributed by atoms with E-state index in [2.05, 4.69) is 29.4 Å². The van der Waals surface area contributed by atoms with Gasteiger partial charge in [0.2, 0.25) is 0 Å². The van der Waals surface area contributed by atoms with E-state index in [1.807, 2.05) is 16.9 Å². The molecule has 2 heterocycles. The molecule has 1 atom stereocenters. The maximum Gasteiger partial charge on any atom is 0.333 e. The van der Waals surface area contributed by atoms with Crippen molar-refractivity contribution in [3.8, 4) is 0 Å². The summed E-state index contributed by atoms with van der Waals surface area (Å²) in [6.45, 7) is 1.80. The van der Waals surface area contributed by atoms with Crippen molar-refractivity contribution in [2.75, 3.05) is 5.32 Å². The fraction of sp³-hybridized carbons (Fsp3) is 0.500. The molecule has 0 unspecified atom stereocenters. The Kier molecular flexibility index (Phi) is 4.13. The Morgan fingerprint density at radius 1 is 1.37 bits per heavy atom. The van der Waals surface area contributed by atoms with Crippen molar-refractivity contribution >= 4 is 5.82 Å². The van der Waals surface area contributed by atoms with E-state index in [9.17, 15) is 8.78 Å². The molecular weight excluding hydrogens is 252 g/mol. The summed E-state index contributed by atoms with van der Waals surface area (Å²) >= 11 is 0. The number of nitrogens with zero attached hydrogens (tertiary/aromatic N) is 4. The van der Waals surface area contributed by atoms with Gasteiger partial charge in [-0.3, -0.25) is 4.68 Å². The number of halogens is 2. The molecule has 0 aliphatic carbocycles. The van der Waals surface area contributed by atoms with Crippen molar-refractivity contribution in [2.24, 2.45) is 0 Å². The minimum atomic E-state index is -2.62. The maximum absolute atomic E-state index is 12.6. The van der Waals surface area contributed by atoms with E-state index in [1.54, 1.807) is 6.07 Å². The second-order valence-corrected chi connectivity index (χ2v) is 4.34. The van der Waals surface area contributed by atoms with Crippen LogP contribution in [0.25, 0.3) is 0 Å². The van der Waals surface area contributed by atoms with Crippen molar-refractivity contribution in [1.82, 2.24) is 19.6 Å². The SMILES string of the molecule is CC[C@H](C)n1ccc(NCc2ccnn2C(F)F)n1. The second kappa shape index (κ2) is 5.81. The quantitative estimate of drug-likeness (QED) is 0.876. The molecule has 0 aliphatic rings. The van der Waals surface area contributed by atoms with Crippen LogP contribution in [0.15, 0.2) is 24.5 Å². The van der Waals surface area contributed by atoms with Gasteiger partial charge in [0.1, 0.15) is 5.82 Å². The molecular formula is C12H17F2N5. The van der Waals surface area contributed by atoms with Crippen LogP contribution < -0.4 is 5.32 Å². The number of nitrogens with one attached hydrogen (secondary N) is 1. The first kappa shape index (κ1) is 13.5. The number of aromatic nitrogens is 4. The lowest BCUT2D eigenvalue weighted by Gasteiger charge is -2.09. The monoisotopic (exact) mass is 269 g/mol. The van der Waals surface area contributed by atoms with Crippen LogP contribution in [0.2, 0.25) is 0 Å². The van der Waals surface area contributed by atoms with Gasteiger partial charge in [-0.15, -0.1) is 0 Å². The molecule has 5 nitrogen and oxygen atoms in total. The largest absolute Gasteiger partial charge is 0.363 e. The van der Waals surface area contributed by atoms with Crippen LogP contribution >= 0.6 is 0 Å². The zero-order valence-electron chi connectivity index (χ0n) is 10.9. The average Bonchev–Trinajstić information content (AvgIpc) is 3.04.